The van der Waals surface area contributed by atoms with E-state index >= 15 is 0 Å². The Morgan fingerprint density at radius 1 is 1.33 bits per heavy atom. The summed E-state index contributed by atoms with van der Waals surface area (Å²) < 4.78 is 0. The van der Waals surface area contributed by atoms with Crippen molar-refractivity contribution in [1.29, 1.82) is 0 Å². The molecular formula is C12H17NO2. The van der Waals surface area contributed by atoms with E-state index in [1.54, 1.807) is 6.07 Å². The summed E-state index contributed by atoms with van der Waals surface area (Å²) in [5.74, 6) is 0.699. The van der Waals surface area contributed by atoms with E-state index in [2.05, 4.69) is 5.32 Å². The smallest absolute Gasteiger partial charge is 0.120 e. The lowest BCUT2D eigenvalue weighted by atomic mass is 9.89. The van der Waals surface area contributed by atoms with Crippen LogP contribution < -0.4 is 5.32 Å². The zero-order valence-corrected chi connectivity index (χ0v) is 8.69. The predicted molar refractivity (Wildman–Crippen MR) is 58.7 cm³/mol. The van der Waals surface area contributed by atoms with Gasteiger partial charge in [0.1, 0.15) is 5.75 Å². The molecule has 0 aromatic heterocycles. The number of aliphatic hydroxyl groups excluding tert-OH is 1. The summed E-state index contributed by atoms with van der Waals surface area (Å²) in [6.45, 7) is 1.15. The number of piperidine rings is 1. The number of phenols is 1. The summed E-state index contributed by atoms with van der Waals surface area (Å²) in [6.07, 6.45) is 1.91. The van der Waals surface area contributed by atoms with Crippen LogP contribution in [0.5, 0.6) is 5.75 Å². The van der Waals surface area contributed by atoms with Crippen LogP contribution in [-0.2, 0) is 0 Å². The van der Waals surface area contributed by atoms with Crippen LogP contribution in [0.2, 0.25) is 0 Å². The maximum Gasteiger partial charge on any atom is 0.120 e. The van der Waals surface area contributed by atoms with Gasteiger partial charge in [-0.15, -0.1) is 0 Å². The van der Waals surface area contributed by atoms with E-state index in [0.717, 1.165) is 24.9 Å². The topological polar surface area (TPSA) is 52.5 Å². The van der Waals surface area contributed by atoms with E-state index in [9.17, 15) is 5.11 Å². The number of hydrogen-bond donors (Lipinski definition) is 3. The lowest BCUT2D eigenvalue weighted by Crippen LogP contribution is -2.33. The molecule has 2 rings (SSSR count). The zero-order chi connectivity index (χ0) is 10.7. The third-order valence-electron chi connectivity index (χ3n) is 3.08. The van der Waals surface area contributed by atoms with Gasteiger partial charge in [0.25, 0.3) is 0 Å². The largest absolute Gasteiger partial charge is 0.508 e. The summed E-state index contributed by atoms with van der Waals surface area (Å²) in [7, 11) is 0. The molecule has 0 bridgehead atoms. The Hall–Kier alpha value is -1.06. The highest BCUT2D eigenvalue weighted by Gasteiger charge is 2.23. The molecule has 2 unspecified atom stereocenters. The van der Waals surface area contributed by atoms with Gasteiger partial charge >= 0.3 is 0 Å². The lowest BCUT2D eigenvalue weighted by Gasteiger charge is -2.29. The summed E-state index contributed by atoms with van der Waals surface area (Å²) in [6, 6.07) is 7.58. The van der Waals surface area contributed by atoms with Crippen molar-refractivity contribution in [3.05, 3.63) is 29.8 Å². The Labute approximate surface area is 89.8 Å². The second-order valence-electron chi connectivity index (χ2n) is 4.14. The number of aromatic hydroxyl groups is 1. The first-order valence-electron chi connectivity index (χ1n) is 5.43. The minimum absolute atomic E-state index is 0.178. The molecule has 1 aliphatic heterocycles. The number of para-hydroxylation sites is 1. The van der Waals surface area contributed by atoms with E-state index < -0.39 is 0 Å². The molecule has 82 valence electrons. The minimum atomic E-state index is 0.178. The van der Waals surface area contributed by atoms with Crippen molar-refractivity contribution >= 4 is 0 Å². The van der Waals surface area contributed by atoms with E-state index in [-0.39, 0.29) is 12.6 Å². The van der Waals surface area contributed by atoms with Crippen molar-refractivity contribution < 1.29 is 10.2 Å². The average molecular weight is 207 g/mol. The molecule has 0 saturated carbocycles. The van der Waals surface area contributed by atoms with Crippen LogP contribution in [0.25, 0.3) is 0 Å². The van der Waals surface area contributed by atoms with E-state index in [0.29, 0.717) is 11.7 Å². The van der Waals surface area contributed by atoms with Gasteiger partial charge < -0.3 is 15.5 Å². The second-order valence-corrected chi connectivity index (χ2v) is 4.14. The van der Waals surface area contributed by atoms with Gasteiger partial charge in [-0.05, 0) is 31.4 Å². The summed E-state index contributed by atoms with van der Waals surface area (Å²) in [5, 5.41) is 22.2. The lowest BCUT2D eigenvalue weighted by molar-refractivity contribution is 0.175. The highest BCUT2D eigenvalue weighted by Crippen LogP contribution is 2.31. The standard InChI is InChI=1S/C12H17NO2/c14-8-9-5-6-13-11(7-9)10-3-1-2-4-12(10)15/h1-4,9,11,13-15H,5-8H2. The fraction of sp³-hybridized carbons (Fsp3) is 0.500. The van der Waals surface area contributed by atoms with Gasteiger partial charge in [-0.1, -0.05) is 18.2 Å². The number of rotatable bonds is 2. The fourth-order valence-corrected chi connectivity index (χ4v) is 2.18. The van der Waals surface area contributed by atoms with Gasteiger partial charge in [0.15, 0.2) is 0 Å². The Bertz CT molecular complexity index is 327. The van der Waals surface area contributed by atoms with Crippen LogP contribution >= 0.6 is 0 Å². The molecule has 1 fully saturated rings. The second kappa shape index (κ2) is 4.64. The SMILES string of the molecule is OCC1CCNC(c2ccccc2O)C1. The zero-order valence-electron chi connectivity index (χ0n) is 8.69. The highest BCUT2D eigenvalue weighted by atomic mass is 16.3. The fourth-order valence-electron chi connectivity index (χ4n) is 2.18. The summed E-state index contributed by atoms with van der Waals surface area (Å²) in [5.41, 5.74) is 0.940. The molecule has 0 amide bonds. The number of phenolic OH excluding ortho intramolecular Hbond substituents is 1. The predicted octanol–water partition coefficient (Wildman–Crippen LogP) is 1.43. The minimum Gasteiger partial charge on any atom is -0.508 e. The van der Waals surface area contributed by atoms with Crippen LogP contribution in [-0.4, -0.2) is 23.4 Å². The highest BCUT2D eigenvalue weighted by molar-refractivity contribution is 5.34. The van der Waals surface area contributed by atoms with Crippen molar-refractivity contribution in [2.24, 2.45) is 5.92 Å². The van der Waals surface area contributed by atoms with Crippen LogP contribution in [0, 0.1) is 5.92 Å². The molecule has 1 aromatic carbocycles. The van der Waals surface area contributed by atoms with Crippen LogP contribution in [0.4, 0.5) is 0 Å². The van der Waals surface area contributed by atoms with Crippen molar-refractivity contribution in [1.82, 2.24) is 5.32 Å². The van der Waals surface area contributed by atoms with E-state index in [4.69, 9.17) is 5.11 Å². The number of nitrogens with one attached hydrogen (secondary N) is 1. The first-order valence-corrected chi connectivity index (χ1v) is 5.43. The molecule has 3 nitrogen and oxygen atoms in total. The molecule has 15 heavy (non-hydrogen) atoms. The molecular weight excluding hydrogens is 190 g/mol. The third-order valence-corrected chi connectivity index (χ3v) is 3.08. The quantitative estimate of drug-likeness (QED) is 0.687. The molecule has 0 radical (unpaired) electrons. The van der Waals surface area contributed by atoms with Crippen LogP contribution in [0.15, 0.2) is 24.3 Å². The first-order chi connectivity index (χ1) is 7.31. The average Bonchev–Trinajstić information content (AvgIpc) is 2.30. The first kappa shape index (κ1) is 10.5. The monoisotopic (exact) mass is 207 g/mol. The Kier molecular flexibility index (Phi) is 3.23. The van der Waals surface area contributed by atoms with E-state index in [1.807, 2.05) is 18.2 Å². The Morgan fingerprint density at radius 2 is 2.13 bits per heavy atom. The van der Waals surface area contributed by atoms with Gasteiger partial charge in [0.05, 0.1) is 0 Å². The van der Waals surface area contributed by atoms with E-state index in [1.165, 1.54) is 0 Å². The van der Waals surface area contributed by atoms with Gasteiger partial charge in [-0.25, -0.2) is 0 Å². The molecule has 0 spiro atoms. The molecule has 0 aliphatic carbocycles. The number of benzene rings is 1. The molecule has 1 saturated heterocycles. The summed E-state index contributed by atoms with van der Waals surface area (Å²) in [4.78, 5) is 0. The molecule has 2 atom stereocenters. The molecule has 1 aromatic rings. The summed E-state index contributed by atoms with van der Waals surface area (Å²) >= 11 is 0. The Morgan fingerprint density at radius 3 is 2.87 bits per heavy atom. The number of aliphatic hydroxyl groups is 1. The normalized spacial score (nSPS) is 26.5. The van der Waals surface area contributed by atoms with Gasteiger partial charge in [-0.2, -0.15) is 0 Å². The van der Waals surface area contributed by atoms with Crippen molar-refractivity contribution in [2.45, 2.75) is 18.9 Å². The Balaban J connectivity index is 2.13. The number of hydrogen-bond acceptors (Lipinski definition) is 3. The van der Waals surface area contributed by atoms with Crippen LogP contribution in [0.1, 0.15) is 24.4 Å². The van der Waals surface area contributed by atoms with Crippen LogP contribution in [0.3, 0.4) is 0 Å². The van der Waals surface area contributed by atoms with Crippen molar-refractivity contribution in [3.8, 4) is 5.75 Å². The van der Waals surface area contributed by atoms with Gasteiger partial charge in [0.2, 0.25) is 0 Å². The molecule has 1 aliphatic rings. The van der Waals surface area contributed by atoms with Crippen molar-refractivity contribution in [2.75, 3.05) is 13.2 Å². The molecule has 3 N–H and O–H groups in total. The molecule has 1 heterocycles. The maximum absolute atomic E-state index is 9.72. The van der Waals surface area contributed by atoms with Crippen molar-refractivity contribution in [3.63, 3.8) is 0 Å². The van der Waals surface area contributed by atoms with Gasteiger partial charge in [-0.3, -0.25) is 0 Å². The van der Waals surface area contributed by atoms with Gasteiger partial charge in [0, 0.05) is 18.2 Å². The third kappa shape index (κ3) is 2.30. The molecule has 3 heteroatoms. The maximum atomic E-state index is 9.72.